The van der Waals surface area contributed by atoms with E-state index in [4.69, 9.17) is 9.47 Å². The fourth-order valence-electron chi connectivity index (χ4n) is 6.16. The molecule has 2 aliphatic heterocycles. The van der Waals surface area contributed by atoms with Gasteiger partial charge in [-0.1, -0.05) is 30.3 Å². The van der Waals surface area contributed by atoms with Crippen molar-refractivity contribution in [1.29, 1.82) is 5.26 Å². The number of hydrogen-bond acceptors (Lipinski definition) is 9. The second kappa shape index (κ2) is 15.9. The molecule has 2 saturated heterocycles. The van der Waals surface area contributed by atoms with E-state index < -0.39 is 48.9 Å². The van der Waals surface area contributed by atoms with Gasteiger partial charge < -0.3 is 29.5 Å². The van der Waals surface area contributed by atoms with Crippen LogP contribution in [0.3, 0.4) is 0 Å². The number of fused-ring (bicyclic) bond motifs is 1. The molecule has 1 atom stereocenters. The molecule has 272 valence electrons. The van der Waals surface area contributed by atoms with Gasteiger partial charge in [-0.05, 0) is 51.4 Å². The predicted octanol–water partition coefficient (Wildman–Crippen LogP) is 4.68. The van der Waals surface area contributed by atoms with Gasteiger partial charge in [-0.3, -0.25) is 19.5 Å². The van der Waals surface area contributed by atoms with Gasteiger partial charge in [0.1, 0.15) is 29.5 Å². The van der Waals surface area contributed by atoms with Gasteiger partial charge in [-0.15, -0.1) is 0 Å². The zero-order valence-corrected chi connectivity index (χ0v) is 29.5. The summed E-state index contributed by atoms with van der Waals surface area (Å²) in [4.78, 5) is 50.2. The summed E-state index contributed by atoms with van der Waals surface area (Å²) in [6.45, 7) is 8.66. The molecule has 0 spiro atoms. The standard InChI is InChI=1S/C37H45F2N7O5/c1-36(2,3)51-35(49)45-17-15-44(16-18-45)14-8-13-43(4)27-19-30-29(34(48)42-23-32(47)46-25-37(38,39)21-28(46)22-40)11-12-41-33(30)31(20-27)50-24-26-9-6-5-7-10-26/h5-7,9-12,19-20,28H,8,13-18,21,23-25H2,1-4H3,(H,42,48)/t28-/m0/s1. The van der Waals surface area contributed by atoms with Crippen LogP contribution >= 0.6 is 0 Å². The van der Waals surface area contributed by atoms with Gasteiger partial charge in [0.2, 0.25) is 5.91 Å². The molecule has 0 bridgehead atoms. The van der Waals surface area contributed by atoms with Crippen molar-refractivity contribution in [1.82, 2.24) is 25.0 Å². The van der Waals surface area contributed by atoms with Crippen LogP contribution in [0.5, 0.6) is 5.75 Å². The third kappa shape index (κ3) is 9.82. The summed E-state index contributed by atoms with van der Waals surface area (Å²) in [5.41, 5.74) is 1.89. The molecule has 3 amide bonds. The Morgan fingerprint density at radius 1 is 1.10 bits per heavy atom. The van der Waals surface area contributed by atoms with Gasteiger partial charge in [0.25, 0.3) is 11.8 Å². The Labute approximate surface area is 296 Å². The average molecular weight is 706 g/mol. The van der Waals surface area contributed by atoms with Crippen molar-refractivity contribution in [3.8, 4) is 11.8 Å². The third-order valence-electron chi connectivity index (χ3n) is 8.85. The first-order valence-corrected chi connectivity index (χ1v) is 17.1. The van der Waals surface area contributed by atoms with Crippen molar-refractivity contribution in [3.63, 3.8) is 0 Å². The van der Waals surface area contributed by atoms with Crippen LogP contribution in [0.2, 0.25) is 0 Å². The zero-order chi connectivity index (χ0) is 36.8. The third-order valence-corrected chi connectivity index (χ3v) is 8.85. The van der Waals surface area contributed by atoms with Gasteiger partial charge in [-0.2, -0.15) is 5.26 Å². The van der Waals surface area contributed by atoms with Crippen LogP contribution in [0, 0.1) is 11.3 Å². The van der Waals surface area contributed by atoms with Crippen LogP contribution in [-0.2, 0) is 16.1 Å². The number of nitrogens with one attached hydrogen (secondary N) is 1. The van der Waals surface area contributed by atoms with Crippen molar-refractivity contribution in [2.45, 2.75) is 57.8 Å². The molecule has 0 aliphatic carbocycles. The van der Waals surface area contributed by atoms with Crippen molar-refractivity contribution < 1.29 is 32.6 Å². The molecule has 14 heteroatoms. The fourth-order valence-corrected chi connectivity index (χ4v) is 6.16. The molecule has 2 aromatic carbocycles. The molecule has 0 unspecified atom stereocenters. The number of likely N-dealkylation sites (tertiary alicyclic amines) is 1. The van der Waals surface area contributed by atoms with Crippen molar-refractivity contribution >= 4 is 34.5 Å². The lowest BCUT2D eigenvalue weighted by molar-refractivity contribution is -0.131. The first kappa shape index (κ1) is 37.2. The molecule has 1 N–H and O–H groups in total. The highest BCUT2D eigenvalue weighted by atomic mass is 19.3. The Bertz CT molecular complexity index is 1750. The lowest BCUT2D eigenvalue weighted by atomic mass is 10.1. The second-order valence-electron chi connectivity index (χ2n) is 14.0. The van der Waals surface area contributed by atoms with Gasteiger partial charge >= 0.3 is 6.09 Å². The average Bonchev–Trinajstić information content (AvgIpc) is 3.43. The highest BCUT2D eigenvalue weighted by Crippen LogP contribution is 2.34. The maximum absolute atomic E-state index is 13.9. The minimum atomic E-state index is -3.16. The summed E-state index contributed by atoms with van der Waals surface area (Å²) in [5, 5.41) is 12.3. The van der Waals surface area contributed by atoms with Gasteiger partial charge in [0.15, 0.2) is 0 Å². The highest BCUT2D eigenvalue weighted by molar-refractivity contribution is 6.08. The monoisotopic (exact) mass is 705 g/mol. The number of halogens is 2. The van der Waals surface area contributed by atoms with Gasteiger partial charge in [0.05, 0.1) is 24.7 Å². The maximum Gasteiger partial charge on any atom is 0.410 e. The minimum absolute atomic E-state index is 0.235. The number of rotatable bonds is 11. The summed E-state index contributed by atoms with van der Waals surface area (Å²) < 4.78 is 39.6. The Hall–Kier alpha value is -5.03. The van der Waals surface area contributed by atoms with Crippen LogP contribution in [0.4, 0.5) is 19.3 Å². The van der Waals surface area contributed by atoms with Crippen LogP contribution < -0.4 is 15.0 Å². The topological polar surface area (TPSA) is 131 Å². The number of carbonyl (C=O) groups is 3. The summed E-state index contributed by atoms with van der Waals surface area (Å²) >= 11 is 0. The quantitative estimate of drug-likeness (QED) is 0.302. The summed E-state index contributed by atoms with van der Waals surface area (Å²) in [6, 6.07) is 15.4. The number of amides is 3. The number of hydrogen-bond donors (Lipinski definition) is 1. The predicted molar refractivity (Wildman–Crippen MR) is 188 cm³/mol. The number of ether oxygens (including phenoxy) is 2. The normalized spacial score (nSPS) is 17.5. The van der Waals surface area contributed by atoms with E-state index in [1.54, 1.807) is 11.0 Å². The summed E-state index contributed by atoms with van der Waals surface area (Å²) in [6.07, 6.45) is 1.29. The minimum Gasteiger partial charge on any atom is -0.487 e. The molecular weight excluding hydrogens is 660 g/mol. The number of anilines is 1. The number of pyridine rings is 1. The van der Waals surface area contributed by atoms with E-state index in [1.165, 1.54) is 12.3 Å². The lowest BCUT2D eigenvalue weighted by Crippen LogP contribution is -2.50. The van der Waals surface area contributed by atoms with Crippen LogP contribution in [0.1, 0.15) is 49.5 Å². The Kier molecular flexibility index (Phi) is 11.6. The van der Waals surface area contributed by atoms with Crippen LogP contribution in [0.15, 0.2) is 54.7 Å². The number of benzene rings is 2. The number of piperazine rings is 1. The van der Waals surface area contributed by atoms with Crippen molar-refractivity contribution in [3.05, 3.63) is 65.9 Å². The molecule has 3 aromatic rings. The molecule has 5 rings (SSSR count). The first-order valence-electron chi connectivity index (χ1n) is 17.1. The Morgan fingerprint density at radius 3 is 2.51 bits per heavy atom. The van der Waals surface area contributed by atoms with E-state index in [9.17, 15) is 28.4 Å². The molecule has 51 heavy (non-hydrogen) atoms. The Morgan fingerprint density at radius 2 is 1.82 bits per heavy atom. The van der Waals surface area contributed by atoms with Gasteiger partial charge in [-0.25, -0.2) is 13.6 Å². The molecule has 12 nitrogen and oxygen atoms in total. The molecule has 2 fully saturated rings. The number of carbonyl (C=O) groups excluding carboxylic acids is 3. The number of alkyl halides is 2. The fraction of sp³-hybridized carbons (Fsp3) is 0.486. The van der Waals surface area contributed by atoms with E-state index >= 15 is 0 Å². The second-order valence-corrected chi connectivity index (χ2v) is 14.0. The molecule has 0 saturated carbocycles. The summed E-state index contributed by atoms with van der Waals surface area (Å²) in [7, 11) is 1.95. The molecule has 3 heterocycles. The highest BCUT2D eigenvalue weighted by Gasteiger charge is 2.47. The Balaban J connectivity index is 1.28. The van der Waals surface area contributed by atoms with E-state index in [-0.39, 0.29) is 18.3 Å². The lowest BCUT2D eigenvalue weighted by Gasteiger charge is -2.35. The maximum atomic E-state index is 13.9. The summed E-state index contributed by atoms with van der Waals surface area (Å²) in [5.74, 6) is -4.03. The largest absolute Gasteiger partial charge is 0.487 e. The van der Waals surface area contributed by atoms with E-state index in [1.807, 2.05) is 70.3 Å². The molecular formula is C37H45F2N7O5. The zero-order valence-electron chi connectivity index (χ0n) is 29.5. The van der Waals surface area contributed by atoms with Gasteiger partial charge in [0, 0.05) is 69.5 Å². The van der Waals surface area contributed by atoms with E-state index in [0.29, 0.717) is 36.3 Å². The van der Waals surface area contributed by atoms with Crippen LogP contribution in [-0.4, -0.2) is 115 Å². The van der Waals surface area contributed by atoms with E-state index in [0.717, 1.165) is 42.2 Å². The molecule has 0 radical (unpaired) electrons. The first-order chi connectivity index (χ1) is 24.2. The van der Waals surface area contributed by atoms with Crippen molar-refractivity contribution in [2.75, 3.05) is 64.3 Å². The number of nitrogens with zero attached hydrogens (tertiary/aromatic N) is 6. The number of nitriles is 1. The SMILES string of the molecule is CN(CCCN1CCN(C(=O)OC(C)(C)C)CC1)c1cc(OCc2ccccc2)c2nccc(C(=O)NCC(=O)N3CC(F)(F)C[C@H]3C#N)c2c1. The van der Waals surface area contributed by atoms with Crippen molar-refractivity contribution in [2.24, 2.45) is 0 Å². The molecule has 1 aromatic heterocycles. The number of aromatic nitrogens is 1. The van der Waals surface area contributed by atoms with E-state index in [2.05, 4.69) is 20.1 Å². The smallest absolute Gasteiger partial charge is 0.410 e. The van der Waals surface area contributed by atoms with Crippen LogP contribution in [0.25, 0.3) is 10.9 Å². The molecule has 2 aliphatic rings.